The average Bonchev–Trinajstić information content (AvgIpc) is 2.91. The van der Waals surface area contributed by atoms with Gasteiger partial charge in [0, 0.05) is 20.0 Å². The topological polar surface area (TPSA) is 212 Å². The van der Waals surface area contributed by atoms with Crippen molar-refractivity contribution in [3.8, 4) is 0 Å². The Kier molecular flexibility index (Phi) is 12.9. The minimum Gasteiger partial charge on any atom is -0.481 e. The number of nitrogens with one attached hydrogen (secondary N) is 4. The quantitative estimate of drug-likeness (QED) is 0.119. The summed E-state index contributed by atoms with van der Waals surface area (Å²) in [6.45, 7) is 4.84. The normalized spacial score (nSPS) is 23.3. The lowest BCUT2D eigenvalue weighted by Gasteiger charge is -2.34. The molecule has 1 fully saturated rings. The molecule has 1 aromatic rings. The summed E-state index contributed by atoms with van der Waals surface area (Å²) in [5.74, 6) is -4.96. The zero-order valence-electron chi connectivity index (χ0n) is 24.4. The predicted octanol–water partition coefficient (Wildman–Crippen LogP) is -1.07. The van der Waals surface area contributed by atoms with E-state index in [-0.39, 0.29) is 18.8 Å². The number of amides is 5. The van der Waals surface area contributed by atoms with Crippen molar-refractivity contribution in [3.63, 3.8) is 0 Å². The molecule has 0 aliphatic carbocycles. The van der Waals surface area contributed by atoms with Crippen molar-refractivity contribution < 1.29 is 33.9 Å². The van der Waals surface area contributed by atoms with Crippen molar-refractivity contribution >= 4 is 41.3 Å². The zero-order valence-corrected chi connectivity index (χ0v) is 24.4. The van der Waals surface area contributed by atoms with Crippen LogP contribution < -0.4 is 27.0 Å². The summed E-state index contributed by atoms with van der Waals surface area (Å²) in [6.07, 6.45) is -0.166. The van der Waals surface area contributed by atoms with E-state index in [9.17, 15) is 33.9 Å². The number of carboxylic acid groups (broad SMARTS) is 1. The number of aliphatic carboxylic acids is 1. The Morgan fingerprint density at radius 2 is 1.64 bits per heavy atom. The summed E-state index contributed by atoms with van der Waals surface area (Å²) < 4.78 is 0. The van der Waals surface area contributed by atoms with E-state index in [0.29, 0.717) is 24.4 Å². The highest BCUT2D eigenvalue weighted by atomic mass is 16.4. The first kappa shape index (κ1) is 33.7. The Balaban J connectivity index is 2.50. The molecule has 0 spiro atoms. The van der Waals surface area contributed by atoms with E-state index in [1.165, 1.54) is 11.9 Å². The number of amidine groups is 1. The Morgan fingerprint density at radius 3 is 2.24 bits per heavy atom. The second-order valence-electron chi connectivity index (χ2n) is 10.6. The molecule has 1 aromatic carbocycles. The fourth-order valence-electron chi connectivity index (χ4n) is 4.63. The van der Waals surface area contributed by atoms with E-state index in [1.807, 2.05) is 0 Å². The molecule has 0 aromatic heterocycles. The minimum absolute atomic E-state index is 0.0413. The first-order chi connectivity index (χ1) is 19.8. The molecule has 0 bridgehead atoms. The Morgan fingerprint density at radius 1 is 1.00 bits per heavy atom. The smallest absolute Gasteiger partial charge is 0.305 e. The fourth-order valence-corrected chi connectivity index (χ4v) is 4.63. The van der Waals surface area contributed by atoms with Crippen LogP contribution in [0.3, 0.4) is 0 Å². The molecule has 230 valence electrons. The number of nitrogens with zero attached hydrogens (tertiary/aromatic N) is 2. The summed E-state index contributed by atoms with van der Waals surface area (Å²) in [5, 5.41) is 19.4. The summed E-state index contributed by atoms with van der Waals surface area (Å²) in [5.41, 5.74) is 6.28. The highest BCUT2D eigenvalue weighted by molar-refractivity contribution is 5.98. The van der Waals surface area contributed by atoms with Gasteiger partial charge in [-0.2, -0.15) is 0 Å². The van der Waals surface area contributed by atoms with E-state index < -0.39 is 72.6 Å². The molecule has 4 atom stereocenters. The van der Waals surface area contributed by atoms with E-state index in [0.717, 1.165) is 0 Å². The maximum atomic E-state index is 13.8. The number of carboxylic acids is 1. The van der Waals surface area contributed by atoms with Gasteiger partial charge in [0.2, 0.25) is 29.5 Å². The van der Waals surface area contributed by atoms with Crippen LogP contribution in [0.15, 0.2) is 35.3 Å². The van der Waals surface area contributed by atoms with Crippen LogP contribution in [0, 0.1) is 5.92 Å². The Bertz CT molecular complexity index is 1170. The number of nitrogens with two attached hydrogens (primary N) is 1. The molecular formula is C28H41N7O7. The lowest BCUT2D eigenvalue weighted by Crippen LogP contribution is -2.59. The van der Waals surface area contributed by atoms with Gasteiger partial charge >= 0.3 is 5.97 Å². The van der Waals surface area contributed by atoms with Gasteiger partial charge in [0.05, 0.1) is 18.8 Å². The van der Waals surface area contributed by atoms with Gasteiger partial charge in [-0.25, -0.2) is 0 Å². The Hall–Kier alpha value is -4.49. The van der Waals surface area contributed by atoms with Crippen molar-refractivity contribution in [2.24, 2.45) is 16.6 Å². The second-order valence-corrected chi connectivity index (χ2v) is 10.6. The number of carbonyl (C=O) groups is 6. The molecule has 1 saturated heterocycles. The lowest BCUT2D eigenvalue weighted by molar-refractivity contribution is -0.144. The molecule has 0 unspecified atom stereocenters. The van der Waals surface area contributed by atoms with Crippen LogP contribution in [0.25, 0.3) is 0 Å². The first-order valence-electron chi connectivity index (χ1n) is 13.8. The van der Waals surface area contributed by atoms with Crippen molar-refractivity contribution in [1.82, 2.24) is 26.2 Å². The maximum Gasteiger partial charge on any atom is 0.305 e. The van der Waals surface area contributed by atoms with Gasteiger partial charge in [0.1, 0.15) is 24.2 Å². The van der Waals surface area contributed by atoms with Crippen LogP contribution >= 0.6 is 0 Å². The number of likely N-dealkylation sites (N-methyl/N-ethyl adjacent to an activating group) is 1. The monoisotopic (exact) mass is 587 g/mol. The van der Waals surface area contributed by atoms with Crippen LogP contribution in [0.5, 0.6) is 0 Å². The van der Waals surface area contributed by atoms with Crippen molar-refractivity contribution in [2.75, 3.05) is 20.1 Å². The van der Waals surface area contributed by atoms with E-state index in [2.05, 4.69) is 26.3 Å². The van der Waals surface area contributed by atoms with Gasteiger partial charge in [-0.3, -0.25) is 33.8 Å². The largest absolute Gasteiger partial charge is 0.481 e. The molecule has 42 heavy (non-hydrogen) atoms. The number of carbonyl (C=O) groups excluding carboxylic acids is 5. The van der Waals surface area contributed by atoms with E-state index in [4.69, 9.17) is 5.73 Å². The van der Waals surface area contributed by atoms with Crippen LogP contribution in [-0.2, 0) is 35.2 Å². The van der Waals surface area contributed by atoms with Crippen LogP contribution in [0.1, 0.15) is 45.6 Å². The number of hydrogen-bond acceptors (Lipinski definition) is 7. The van der Waals surface area contributed by atoms with Gasteiger partial charge in [-0.15, -0.1) is 0 Å². The van der Waals surface area contributed by atoms with Crippen molar-refractivity contribution in [2.45, 2.75) is 70.6 Å². The third-order valence-electron chi connectivity index (χ3n) is 6.66. The fraction of sp³-hybridized carbons (Fsp3) is 0.536. The summed E-state index contributed by atoms with van der Waals surface area (Å²) >= 11 is 0. The second kappa shape index (κ2) is 16.1. The van der Waals surface area contributed by atoms with Gasteiger partial charge in [-0.1, -0.05) is 44.2 Å². The highest BCUT2D eigenvalue weighted by Gasteiger charge is 2.37. The molecule has 1 heterocycles. The van der Waals surface area contributed by atoms with Gasteiger partial charge in [0.25, 0.3) is 0 Å². The molecular weight excluding hydrogens is 546 g/mol. The molecule has 14 nitrogen and oxygen atoms in total. The molecule has 0 radical (unpaired) electrons. The highest BCUT2D eigenvalue weighted by Crippen LogP contribution is 2.15. The predicted molar refractivity (Wildman–Crippen MR) is 154 cm³/mol. The minimum atomic E-state index is -1.53. The number of aliphatic imine (C=N–C) groups is 1. The molecule has 14 heteroatoms. The van der Waals surface area contributed by atoms with E-state index in [1.54, 1.807) is 51.1 Å². The number of hydrogen-bond donors (Lipinski definition) is 6. The van der Waals surface area contributed by atoms with Crippen molar-refractivity contribution in [3.05, 3.63) is 35.9 Å². The third kappa shape index (κ3) is 10.5. The van der Waals surface area contributed by atoms with Gasteiger partial charge in [0.15, 0.2) is 0 Å². The molecule has 2 rings (SSSR count). The number of rotatable bonds is 9. The standard InChI is InChI=1S/C28H41N7O7/c1-16(2)24-27(41)33-19(11-8-12-30-17(3)29)25(39)31-15-22(36)32-20(14-23(37)38)26(40)34-21(28(42)35(24)4)13-18-9-6-5-7-10-18/h5-7,9-10,16,19-21,24H,8,11-15H2,1-4H3,(H2,29,30)(H,31,39)(H,32,36)(H,33,41)(H,34,40)(H,37,38)/t19-,20-,21+,24-/m0/s1. The maximum absolute atomic E-state index is 13.8. The van der Waals surface area contributed by atoms with Crippen molar-refractivity contribution in [1.29, 1.82) is 0 Å². The lowest BCUT2D eigenvalue weighted by atomic mass is 9.98. The molecule has 5 amide bonds. The SMILES string of the molecule is CC(N)=NCCC[C@@H]1NC(=O)[C@H](C(C)C)N(C)C(=O)[C@@H](Cc2ccccc2)NC(=O)[C@H](CC(=O)O)NC(=O)CNC1=O. The number of benzene rings is 1. The average molecular weight is 588 g/mol. The molecule has 1 aliphatic rings. The molecule has 7 N–H and O–H groups in total. The van der Waals surface area contributed by atoms with Crippen LogP contribution in [-0.4, -0.2) is 95.7 Å². The van der Waals surface area contributed by atoms with E-state index >= 15 is 0 Å². The summed E-state index contributed by atoms with van der Waals surface area (Å²) in [7, 11) is 1.43. The zero-order chi connectivity index (χ0) is 31.4. The van der Waals surface area contributed by atoms with Gasteiger partial charge in [-0.05, 0) is 31.2 Å². The summed E-state index contributed by atoms with van der Waals surface area (Å²) in [6, 6.07) is 4.04. The molecule has 1 aliphatic heterocycles. The summed E-state index contributed by atoms with van der Waals surface area (Å²) in [4.78, 5) is 83.1. The first-order valence-corrected chi connectivity index (χ1v) is 13.8. The van der Waals surface area contributed by atoms with Crippen LogP contribution in [0.2, 0.25) is 0 Å². The van der Waals surface area contributed by atoms with Gasteiger partial charge < -0.3 is 37.0 Å². The third-order valence-corrected chi connectivity index (χ3v) is 6.66. The molecule has 0 saturated carbocycles. The van der Waals surface area contributed by atoms with Crippen LogP contribution in [0.4, 0.5) is 0 Å². The Labute approximate surface area is 244 Å².